The quantitative estimate of drug-likeness (QED) is 0.457. The number of carbonyl (C=O) groups excluding carboxylic acids is 3. The molecule has 3 heterocycles. The van der Waals surface area contributed by atoms with E-state index in [0.29, 0.717) is 43.7 Å². The summed E-state index contributed by atoms with van der Waals surface area (Å²) in [5.74, 6) is -0.786. The Bertz CT molecular complexity index is 1080. The van der Waals surface area contributed by atoms with Crippen LogP contribution in [-0.2, 0) is 17.7 Å². The maximum Gasteiger partial charge on any atom is 0.407 e. The minimum absolute atomic E-state index is 0.175. The lowest BCUT2D eigenvalue weighted by Crippen LogP contribution is -2.47. The van der Waals surface area contributed by atoms with E-state index in [1.54, 1.807) is 22.9 Å². The first-order valence-corrected chi connectivity index (χ1v) is 11.1. The number of primary amides is 1. The maximum absolute atomic E-state index is 13.1. The number of ether oxygens (including phenoxy) is 1. The highest BCUT2D eigenvalue weighted by Crippen LogP contribution is 2.38. The summed E-state index contributed by atoms with van der Waals surface area (Å²) in [5, 5.41) is 16.8. The van der Waals surface area contributed by atoms with Gasteiger partial charge in [0.15, 0.2) is 0 Å². The maximum atomic E-state index is 13.1. The normalized spacial score (nSPS) is 20.4. The predicted molar refractivity (Wildman–Crippen MR) is 121 cm³/mol. The van der Waals surface area contributed by atoms with Crippen molar-refractivity contribution in [2.45, 2.75) is 45.4 Å². The Morgan fingerprint density at radius 2 is 2.12 bits per heavy atom. The third-order valence-electron chi connectivity index (χ3n) is 5.82. The van der Waals surface area contributed by atoms with Gasteiger partial charge < -0.3 is 31.7 Å². The molecule has 0 saturated carbocycles. The van der Waals surface area contributed by atoms with E-state index < -0.39 is 18.2 Å². The second-order valence-corrected chi connectivity index (χ2v) is 8.14. The van der Waals surface area contributed by atoms with Crippen LogP contribution in [-0.4, -0.2) is 53.6 Å². The Kier molecular flexibility index (Phi) is 6.50. The molecule has 2 atom stereocenters. The first-order chi connectivity index (χ1) is 15.9. The van der Waals surface area contributed by atoms with Crippen LogP contribution in [0.2, 0.25) is 0 Å². The van der Waals surface area contributed by atoms with Crippen LogP contribution in [0.15, 0.2) is 18.2 Å². The number of alkyl carbamates (subject to hydrolysis) is 1. The average Bonchev–Trinajstić information content (AvgIpc) is 3.32. The fourth-order valence-corrected chi connectivity index (χ4v) is 4.37. The van der Waals surface area contributed by atoms with Crippen LogP contribution in [0, 0.1) is 6.92 Å². The summed E-state index contributed by atoms with van der Waals surface area (Å²) in [7, 11) is 0. The molecule has 0 aliphatic carbocycles. The molecule has 0 radical (unpaired) electrons. The third-order valence-corrected chi connectivity index (χ3v) is 5.82. The van der Waals surface area contributed by atoms with Crippen molar-refractivity contribution >= 4 is 23.6 Å². The van der Waals surface area contributed by atoms with Gasteiger partial charge in [-0.15, -0.1) is 0 Å². The Hall–Kier alpha value is -3.60. The van der Waals surface area contributed by atoms with Crippen molar-refractivity contribution < 1.29 is 19.1 Å². The zero-order valence-corrected chi connectivity index (χ0v) is 18.7. The molecule has 2 aliphatic rings. The van der Waals surface area contributed by atoms with Crippen LogP contribution in [0.3, 0.4) is 0 Å². The molecule has 1 aromatic carbocycles. The van der Waals surface area contributed by atoms with Crippen molar-refractivity contribution in [2.24, 2.45) is 5.73 Å². The van der Waals surface area contributed by atoms with Crippen molar-refractivity contribution in [1.29, 1.82) is 0 Å². The standard InChI is InChI=1S/C22H29N7O4/c1-3-29-16(9-12(2)28-29)21(31)27-20-18-17-13(10-14(19(23)30)11-15(17)26-20)5-4-6-25-22(32)33-8-7-24-18/h9-11,18,20,24,26H,3-8H2,1-2H3,(H2,23,30)(H,25,32)(H,27,31). The Labute approximate surface area is 191 Å². The van der Waals surface area contributed by atoms with E-state index in [1.165, 1.54) is 0 Å². The van der Waals surface area contributed by atoms with Crippen LogP contribution in [0.4, 0.5) is 10.5 Å². The van der Waals surface area contributed by atoms with Gasteiger partial charge in [-0.3, -0.25) is 14.3 Å². The lowest BCUT2D eigenvalue weighted by molar-refractivity contribution is 0.0922. The molecule has 11 nitrogen and oxygen atoms in total. The summed E-state index contributed by atoms with van der Waals surface area (Å²) in [4.78, 5) is 36.8. The Morgan fingerprint density at radius 1 is 1.30 bits per heavy atom. The van der Waals surface area contributed by atoms with Crippen molar-refractivity contribution in [3.63, 3.8) is 0 Å². The Balaban J connectivity index is 1.66. The van der Waals surface area contributed by atoms with Crippen LogP contribution in [0.1, 0.15) is 57.1 Å². The molecular weight excluding hydrogens is 426 g/mol. The number of rotatable bonds is 4. The van der Waals surface area contributed by atoms with Gasteiger partial charge in [0.25, 0.3) is 5.91 Å². The van der Waals surface area contributed by atoms with E-state index in [-0.39, 0.29) is 18.6 Å². The molecule has 4 rings (SSSR count). The number of hydrogen-bond donors (Lipinski definition) is 5. The molecule has 0 spiro atoms. The topological polar surface area (TPSA) is 152 Å². The number of nitrogens with one attached hydrogen (secondary N) is 4. The molecule has 11 heteroatoms. The van der Waals surface area contributed by atoms with Crippen molar-refractivity contribution in [2.75, 3.05) is 25.0 Å². The summed E-state index contributed by atoms with van der Waals surface area (Å²) in [6.07, 6.45) is 0.308. The number of cyclic esters (lactones) is 1. The summed E-state index contributed by atoms with van der Waals surface area (Å²) in [6, 6.07) is 4.96. The number of aromatic nitrogens is 2. The van der Waals surface area contributed by atoms with Crippen molar-refractivity contribution in [3.05, 3.63) is 46.3 Å². The van der Waals surface area contributed by atoms with Gasteiger partial charge in [-0.2, -0.15) is 5.10 Å². The first-order valence-electron chi connectivity index (χ1n) is 11.1. The van der Waals surface area contributed by atoms with Gasteiger partial charge >= 0.3 is 6.09 Å². The van der Waals surface area contributed by atoms with Gasteiger partial charge in [0.1, 0.15) is 18.5 Å². The van der Waals surface area contributed by atoms with Crippen LogP contribution in [0.5, 0.6) is 0 Å². The van der Waals surface area contributed by atoms with E-state index >= 15 is 0 Å². The fourth-order valence-electron chi connectivity index (χ4n) is 4.37. The van der Waals surface area contributed by atoms with Crippen LogP contribution < -0.4 is 27.0 Å². The summed E-state index contributed by atoms with van der Waals surface area (Å²) in [6.45, 7) is 5.34. The van der Waals surface area contributed by atoms with E-state index in [9.17, 15) is 14.4 Å². The summed E-state index contributed by atoms with van der Waals surface area (Å²) >= 11 is 0. The molecule has 2 unspecified atom stereocenters. The molecular formula is C22H29N7O4. The Morgan fingerprint density at radius 3 is 2.88 bits per heavy atom. The van der Waals surface area contributed by atoms with Gasteiger partial charge in [-0.05, 0) is 56.0 Å². The number of amides is 3. The molecule has 2 aromatic rings. The van der Waals surface area contributed by atoms with Crippen molar-refractivity contribution in [1.82, 2.24) is 25.7 Å². The molecule has 1 aromatic heterocycles. The second-order valence-electron chi connectivity index (χ2n) is 8.14. The number of aryl methyl sites for hydroxylation is 3. The summed E-state index contributed by atoms with van der Waals surface area (Å²) in [5.41, 5.74) is 9.84. The number of nitrogens with zero attached hydrogens (tertiary/aromatic N) is 2. The monoisotopic (exact) mass is 455 g/mol. The molecule has 6 N–H and O–H groups in total. The largest absolute Gasteiger partial charge is 0.448 e. The number of anilines is 1. The number of nitrogens with two attached hydrogens (primary N) is 1. The van der Waals surface area contributed by atoms with E-state index in [2.05, 4.69) is 26.4 Å². The lowest BCUT2D eigenvalue weighted by atomic mass is 9.94. The number of benzene rings is 1. The van der Waals surface area contributed by atoms with Gasteiger partial charge in [0, 0.05) is 30.9 Å². The number of carbonyl (C=O) groups is 3. The van der Waals surface area contributed by atoms with E-state index in [4.69, 9.17) is 10.5 Å². The fraction of sp³-hybridized carbons (Fsp3) is 0.455. The second kappa shape index (κ2) is 9.49. The SMILES string of the molecule is CCn1nc(C)cc1C(=O)NC1Nc2cc(C(N)=O)cc3c2C1NCCOC(=O)NCCC3. The molecule has 176 valence electrons. The molecule has 3 amide bonds. The van der Waals surface area contributed by atoms with Crippen LogP contribution >= 0.6 is 0 Å². The smallest absolute Gasteiger partial charge is 0.407 e. The van der Waals surface area contributed by atoms with Gasteiger partial charge in [0.05, 0.1) is 11.7 Å². The highest BCUT2D eigenvalue weighted by Gasteiger charge is 2.36. The minimum Gasteiger partial charge on any atom is -0.448 e. The lowest BCUT2D eigenvalue weighted by Gasteiger charge is -2.24. The van der Waals surface area contributed by atoms with E-state index in [0.717, 1.165) is 22.5 Å². The minimum atomic E-state index is -0.525. The zero-order chi connectivity index (χ0) is 23.5. The van der Waals surface area contributed by atoms with Gasteiger partial charge in [-0.1, -0.05) is 0 Å². The predicted octanol–water partition coefficient (Wildman–Crippen LogP) is 0.795. The summed E-state index contributed by atoms with van der Waals surface area (Å²) < 4.78 is 6.85. The molecule has 0 saturated heterocycles. The molecule has 2 aliphatic heterocycles. The molecule has 0 fully saturated rings. The van der Waals surface area contributed by atoms with Crippen LogP contribution in [0.25, 0.3) is 0 Å². The zero-order valence-electron chi connectivity index (χ0n) is 18.7. The number of hydrogen-bond acceptors (Lipinski definition) is 7. The first kappa shape index (κ1) is 22.6. The highest BCUT2D eigenvalue weighted by atomic mass is 16.5. The van der Waals surface area contributed by atoms with Crippen molar-refractivity contribution in [3.8, 4) is 0 Å². The molecule has 33 heavy (non-hydrogen) atoms. The average molecular weight is 456 g/mol. The highest BCUT2D eigenvalue weighted by molar-refractivity contribution is 5.95. The molecule has 0 bridgehead atoms. The van der Waals surface area contributed by atoms with Gasteiger partial charge in [-0.25, -0.2) is 4.79 Å². The van der Waals surface area contributed by atoms with Gasteiger partial charge in [0.2, 0.25) is 5.91 Å². The van der Waals surface area contributed by atoms with E-state index in [1.807, 2.05) is 13.8 Å². The third kappa shape index (κ3) is 4.77.